The second-order valence-electron chi connectivity index (χ2n) is 6.99. The Hall–Kier alpha value is -2.12. The van der Waals surface area contributed by atoms with Crippen molar-refractivity contribution in [1.29, 1.82) is 0 Å². The minimum absolute atomic E-state index is 0.0711. The van der Waals surface area contributed by atoms with Crippen LogP contribution in [0.15, 0.2) is 52.0 Å². The second kappa shape index (κ2) is 8.71. The van der Waals surface area contributed by atoms with E-state index >= 15 is 0 Å². The number of hydrogen-bond acceptors (Lipinski definition) is 4. The van der Waals surface area contributed by atoms with Crippen LogP contribution in [0.3, 0.4) is 0 Å². The molecule has 1 aromatic heterocycles. The molecule has 146 valence electrons. The molecular weight excluding hydrogens is 364 g/mol. The molecule has 3 rings (SSSR count). The lowest BCUT2D eigenvalue weighted by Crippen LogP contribution is -2.45. The Balaban J connectivity index is 1.53. The molecule has 0 radical (unpaired) electrons. The minimum Gasteiger partial charge on any atom is -0.469 e. The number of carbonyl (C=O) groups is 1. The van der Waals surface area contributed by atoms with Crippen molar-refractivity contribution in [3.63, 3.8) is 0 Å². The van der Waals surface area contributed by atoms with E-state index in [0.29, 0.717) is 25.9 Å². The van der Waals surface area contributed by atoms with Crippen molar-refractivity contribution in [2.45, 2.75) is 37.5 Å². The molecule has 1 aliphatic heterocycles. The largest absolute Gasteiger partial charge is 0.469 e. The van der Waals surface area contributed by atoms with E-state index < -0.39 is 10.0 Å². The Morgan fingerprint density at radius 1 is 1.26 bits per heavy atom. The monoisotopic (exact) mass is 390 g/mol. The Bertz CT molecular complexity index is 845. The molecule has 2 heterocycles. The summed E-state index contributed by atoms with van der Waals surface area (Å²) in [7, 11) is -3.56. The van der Waals surface area contributed by atoms with Crippen LogP contribution in [0.1, 0.15) is 30.6 Å². The highest BCUT2D eigenvalue weighted by Gasteiger charge is 2.33. The third kappa shape index (κ3) is 4.99. The van der Waals surface area contributed by atoms with E-state index in [0.717, 1.165) is 24.2 Å². The van der Waals surface area contributed by atoms with Gasteiger partial charge in [0.15, 0.2) is 0 Å². The quantitative estimate of drug-likeness (QED) is 0.737. The zero-order valence-electron chi connectivity index (χ0n) is 15.6. The van der Waals surface area contributed by atoms with Crippen LogP contribution in [-0.2, 0) is 21.2 Å². The first-order valence-corrected chi connectivity index (χ1v) is 10.8. The highest BCUT2D eigenvalue weighted by molar-refractivity contribution is 7.89. The maximum Gasteiger partial charge on any atom is 0.243 e. The van der Waals surface area contributed by atoms with Gasteiger partial charge < -0.3 is 9.73 Å². The highest BCUT2D eigenvalue weighted by atomic mass is 32.2. The number of hydrogen-bond donors (Lipinski definition) is 1. The molecule has 1 aliphatic rings. The number of rotatable bonds is 7. The third-order valence-corrected chi connectivity index (χ3v) is 6.77. The molecule has 0 unspecified atom stereocenters. The second-order valence-corrected chi connectivity index (χ2v) is 8.93. The number of piperidine rings is 1. The molecule has 0 spiro atoms. The molecule has 6 nitrogen and oxygen atoms in total. The van der Waals surface area contributed by atoms with Crippen molar-refractivity contribution in [2.75, 3.05) is 19.6 Å². The molecule has 1 saturated heterocycles. The summed E-state index contributed by atoms with van der Waals surface area (Å²) in [5, 5.41) is 2.93. The molecule has 1 N–H and O–H groups in total. The van der Waals surface area contributed by atoms with Crippen molar-refractivity contribution in [3.8, 4) is 0 Å². The Morgan fingerprint density at radius 2 is 2.04 bits per heavy atom. The van der Waals surface area contributed by atoms with Crippen LogP contribution in [0.4, 0.5) is 0 Å². The normalized spacial score (nSPS) is 18.3. The van der Waals surface area contributed by atoms with Gasteiger partial charge in [-0.25, -0.2) is 8.42 Å². The van der Waals surface area contributed by atoms with Crippen molar-refractivity contribution >= 4 is 15.9 Å². The lowest BCUT2D eigenvalue weighted by molar-refractivity contribution is -0.126. The fraction of sp³-hybridized carbons (Fsp3) is 0.450. The SMILES string of the molecule is Cc1ccc(S(=O)(=O)N2CCC[C@@H](C(=O)NCCCc3ccco3)C2)cc1. The lowest BCUT2D eigenvalue weighted by Gasteiger charge is -2.31. The van der Waals surface area contributed by atoms with E-state index in [1.54, 1.807) is 30.5 Å². The molecule has 0 saturated carbocycles. The molecule has 1 fully saturated rings. The molecular formula is C20H26N2O4S. The summed E-state index contributed by atoms with van der Waals surface area (Å²) in [5.41, 5.74) is 1.01. The zero-order valence-corrected chi connectivity index (χ0v) is 16.4. The number of benzene rings is 1. The van der Waals surface area contributed by atoms with Gasteiger partial charge in [-0.3, -0.25) is 4.79 Å². The average Bonchev–Trinajstić information content (AvgIpc) is 3.19. The number of aryl methyl sites for hydroxylation is 2. The standard InChI is InChI=1S/C20H26N2O4S/c1-16-8-10-19(11-9-16)27(24,25)22-13-3-5-17(15-22)20(23)21-12-2-6-18-7-4-14-26-18/h4,7-11,14,17H,2-3,5-6,12-13,15H2,1H3,(H,21,23)/t17-/m1/s1. The third-order valence-electron chi connectivity index (χ3n) is 4.89. The number of carbonyl (C=O) groups excluding carboxylic acids is 1. The smallest absolute Gasteiger partial charge is 0.243 e. The van der Waals surface area contributed by atoms with E-state index in [-0.39, 0.29) is 23.3 Å². The zero-order chi connectivity index (χ0) is 19.3. The first kappa shape index (κ1) is 19.6. The van der Waals surface area contributed by atoms with E-state index in [1.165, 1.54) is 4.31 Å². The highest BCUT2D eigenvalue weighted by Crippen LogP contribution is 2.24. The summed E-state index contributed by atoms with van der Waals surface area (Å²) in [5.74, 6) is 0.526. The molecule has 2 aromatic rings. The van der Waals surface area contributed by atoms with Gasteiger partial charge in [-0.15, -0.1) is 0 Å². The van der Waals surface area contributed by atoms with Crippen molar-refractivity contribution in [2.24, 2.45) is 5.92 Å². The number of nitrogens with zero attached hydrogens (tertiary/aromatic N) is 1. The van der Waals surface area contributed by atoms with Gasteiger partial charge in [0.2, 0.25) is 15.9 Å². The first-order chi connectivity index (χ1) is 13.0. The number of nitrogens with one attached hydrogen (secondary N) is 1. The van der Waals surface area contributed by atoms with Crippen LogP contribution in [0.2, 0.25) is 0 Å². The van der Waals surface area contributed by atoms with Gasteiger partial charge in [0, 0.05) is 26.1 Å². The maximum absolute atomic E-state index is 12.8. The molecule has 7 heteroatoms. The van der Waals surface area contributed by atoms with Crippen molar-refractivity contribution in [1.82, 2.24) is 9.62 Å². The van der Waals surface area contributed by atoms with E-state index in [1.807, 2.05) is 19.1 Å². The molecule has 27 heavy (non-hydrogen) atoms. The summed E-state index contributed by atoms with van der Waals surface area (Å²) < 4.78 is 32.4. The fourth-order valence-corrected chi connectivity index (χ4v) is 4.83. The van der Waals surface area contributed by atoms with Crippen molar-refractivity contribution < 1.29 is 17.6 Å². The number of sulfonamides is 1. The summed E-state index contributed by atoms with van der Waals surface area (Å²) in [6.45, 7) is 3.17. The van der Waals surface area contributed by atoms with Gasteiger partial charge in [-0.2, -0.15) is 4.31 Å². The summed E-state index contributed by atoms with van der Waals surface area (Å²) in [6.07, 6.45) is 4.60. The molecule has 1 atom stereocenters. The van der Waals surface area contributed by atoms with Gasteiger partial charge in [0.05, 0.1) is 17.1 Å². The Labute approximate surface area is 160 Å². The van der Waals surface area contributed by atoms with E-state index in [2.05, 4.69) is 5.32 Å². The molecule has 1 aromatic carbocycles. The van der Waals surface area contributed by atoms with E-state index in [9.17, 15) is 13.2 Å². The van der Waals surface area contributed by atoms with Gasteiger partial charge in [-0.05, 0) is 50.5 Å². The predicted octanol–water partition coefficient (Wildman–Crippen LogP) is 2.74. The molecule has 1 amide bonds. The summed E-state index contributed by atoms with van der Waals surface area (Å²) in [4.78, 5) is 12.7. The molecule has 0 aliphatic carbocycles. The molecule has 0 bridgehead atoms. The van der Waals surface area contributed by atoms with Crippen LogP contribution >= 0.6 is 0 Å². The van der Waals surface area contributed by atoms with Crippen LogP contribution in [-0.4, -0.2) is 38.3 Å². The van der Waals surface area contributed by atoms with Crippen LogP contribution < -0.4 is 5.32 Å². The number of furan rings is 1. The van der Waals surface area contributed by atoms with Crippen LogP contribution in [0, 0.1) is 12.8 Å². The Kier molecular flexibility index (Phi) is 6.34. The van der Waals surface area contributed by atoms with Gasteiger partial charge >= 0.3 is 0 Å². The summed E-state index contributed by atoms with van der Waals surface area (Å²) >= 11 is 0. The fourth-order valence-electron chi connectivity index (χ4n) is 3.31. The average molecular weight is 391 g/mol. The van der Waals surface area contributed by atoms with Crippen molar-refractivity contribution in [3.05, 3.63) is 54.0 Å². The topological polar surface area (TPSA) is 79.6 Å². The van der Waals surface area contributed by atoms with Gasteiger partial charge in [-0.1, -0.05) is 17.7 Å². The lowest BCUT2D eigenvalue weighted by atomic mass is 9.99. The van der Waals surface area contributed by atoms with E-state index in [4.69, 9.17) is 4.42 Å². The number of amides is 1. The predicted molar refractivity (Wildman–Crippen MR) is 103 cm³/mol. The minimum atomic E-state index is -3.56. The Morgan fingerprint density at radius 3 is 2.74 bits per heavy atom. The maximum atomic E-state index is 12.8. The summed E-state index contributed by atoms with van der Waals surface area (Å²) in [6, 6.07) is 10.6. The van der Waals surface area contributed by atoms with Gasteiger partial charge in [0.1, 0.15) is 5.76 Å². The van der Waals surface area contributed by atoms with Gasteiger partial charge in [0.25, 0.3) is 0 Å². The first-order valence-electron chi connectivity index (χ1n) is 9.34. The van der Waals surface area contributed by atoms with Crippen LogP contribution in [0.5, 0.6) is 0 Å². The van der Waals surface area contributed by atoms with Crippen LogP contribution in [0.25, 0.3) is 0 Å².